The molecule has 1 rings (SSSR count). The summed E-state index contributed by atoms with van der Waals surface area (Å²) in [6.07, 6.45) is 0. The first kappa shape index (κ1) is 7.44. The molecule has 3 heteroatoms. The summed E-state index contributed by atoms with van der Waals surface area (Å²) in [4.78, 5) is 1.04. The van der Waals surface area contributed by atoms with Crippen molar-refractivity contribution in [2.45, 2.75) is 4.90 Å². The van der Waals surface area contributed by atoms with E-state index >= 15 is 0 Å². The largest absolute Gasteiger partial charge is 0.497 e. The van der Waals surface area contributed by atoms with E-state index in [1.54, 1.807) is 7.11 Å². The zero-order valence-electron chi connectivity index (χ0n) is 5.70. The predicted molar refractivity (Wildman–Crippen MR) is 43.0 cm³/mol. The smallest absolute Gasteiger partial charge is 0.118 e. The lowest BCUT2D eigenvalue weighted by Crippen LogP contribution is -1.82. The Hall–Kier alpha value is -0.670. The fourth-order valence-electron chi connectivity index (χ4n) is 0.654. The lowest BCUT2D eigenvalue weighted by atomic mass is 10.3. The second-order valence-corrected chi connectivity index (χ2v) is 2.50. The van der Waals surface area contributed by atoms with Crippen LogP contribution in [0.4, 0.5) is 0 Å². The Kier molecular flexibility index (Phi) is 2.59. The molecule has 0 aromatic heterocycles. The Morgan fingerprint density at radius 2 is 1.90 bits per heavy atom. The average Bonchev–Trinajstić information content (AvgIpc) is 2.05. The standard InChI is InChI=1S/C7H9NOS/c1-9-6-2-4-7(10-8)5-3-6/h2-5H,8H2,1H3. The lowest BCUT2D eigenvalue weighted by molar-refractivity contribution is 0.414. The number of ether oxygens (including phenoxy) is 1. The van der Waals surface area contributed by atoms with Gasteiger partial charge < -0.3 is 4.74 Å². The highest BCUT2D eigenvalue weighted by atomic mass is 32.2. The summed E-state index contributed by atoms with van der Waals surface area (Å²) >= 11 is 1.23. The van der Waals surface area contributed by atoms with Crippen LogP contribution in [0, 0.1) is 0 Å². The number of rotatable bonds is 2. The van der Waals surface area contributed by atoms with E-state index in [0.29, 0.717) is 0 Å². The van der Waals surface area contributed by atoms with Crippen molar-refractivity contribution in [2.24, 2.45) is 5.14 Å². The monoisotopic (exact) mass is 155 g/mol. The number of methoxy groups -OCH3 is 1. The van der Waals surface area contributed by atoms with Crippen molar-refractivity contribution >= 4 is 11.9 Å². The number of hydrogen-bond acceptors (Lipinski definition) is 3. The summed E-state index contributed by atoms with van der Waals surface area (Å²) in [5.74, 6) is 0.859. The molecule has 0 amide bonds. The van der Waals surface area contributed by atoms with Gasteiger partial charge in [0.25, 0.3) is 0 Å². The molecule has 2 nitrogen and oxygen atoms in total. The Labute approximate surface area is 64.5 Å². The summed E-state index contributed by atoms with van der Waals surface area (Å²) in [5, 5.41) is 5.32. The van der Waals surface area contributed by atoms with E-state index in [9.17, 15) is 0 Å². The summed E-state index contributed by atoms with van der Waals surface area (Å²) in [7, 11) is 1.64. The van der Waals surface area contributed by atoms with Crippen LogP contribution in [0.5, 0.6) is 5.75 Å². The van der Waals surface area contributed by atoms with Crippen molar-refractivity contribution in [2.75, 3.05) is 7.11 Å². The fraction of sp³-hybridized carbons (Fsp3) is 0.143. The highest BCUT2D eigenvalue weighted by Gasteiger charge is 1.90. The van der Waals surface area contributed by atoms with Gasteiger partial charge in [0.2, 0.25) is 0 Å². The molecule has 0 radical (unpaired) electrons. The normalized spacial score (nSPS) is 9.40. The molecule has 0 atom stereocenters. The molecule has 0 saturated heterocycles. The van der Waals surface area contributed by atoms with Crippen LogP contribution in [0.2, 0.25) is 0 Å². The molecule has 0 spiro atoms. The Morgan fingerprint density at radius 1 is 1.30 bits per heavy atom. The number of benzene rings is 1. The maximum absolute atomic E-state index is 5.32. The van der Waals surface area contributed by atoms with Crippen LogP contribution in [-0.2, 0) is 0 Å². The minimum atomic E-state index is 0.859. The van der Waals surface area contributed by atoms with E-state index in [1.165, 1.54) is 11.9 Å². The minimum Gasteiger partial charge on any atom is -0.497 e. The summed E-state index contributed by atoms with van der Waals surface area (Å²) in [5.41, 5.74) is 0. The predicted octanol–water partition coefficient (Wildman–Crippen LogP) is 1.66. The van der Waals surface area contributed by atoms with Crippen LogP contribution in [0.1, 0.15) is 0 Å². The van der Waals surface area contributed by atoms with Crippen molar-refractivity contribution < 1.29 is 4.74 Å². The second-order valence-electron chi connectivity index (χ2n) is 1.79. The third-order valence-corrected chi connectivity index (χ3v) is 1.74. The van der Waals surface area contributed by atoms with Crippen molar-refractivity contribution in [3.63, 3.8) is 0 Å². The molecule has 0 saturated carbocycles. The molecule has 0 aliphatic heterocycles. The summed E-state index contributed by atoms with van der Waals surface area (Å²) < 4.78 is 4.96. The van der Waals surface area contributed by atoms with Gasteiger partial charge in [-0.1, -0.05) is 0 Å². The Morgan fingerprint density at radius 3 is 2.30 bits per heavy atom. The molecular weight excluding hydrogens is 146 g/mol. The summed E-state index contributed by atoms with van der Waals surface area (Å²) in [6, 6.07) is 7.61. The number of nitrogens with two attached hydrogens (primary N) is 1. The molecule has 0 fully saturated rings. The highest BCUT2D eigenvalue weighted by Crippen LogP contribution is 2.16. The van der Waals surface area contributed by atoms with Crippen LogP contribution >= 0.6 is 11.9 Å². The van der Waals surface area contributed by atoms with Gasteiger partial charge in [0, 0.05) is 4.90 Å². The van der Waals surface area contributed by atoms with Gasteiger partial charge in [0.1, 0.15) is 5.75 Å². The molecule has 0 unspecified atom stereocenters. The Bertz CT molecular complexity index is 174. The van der Waals surface area contributed by atoms with E-state index in [0.717, 1.165) is 10.6 Å². The van der Waals surface area contributed by atoms with Crippen molar-refractivity contribution in [3.05, 3.63) is 24.3 Å². The maximum atomic E-state index is 5.32. The molecule has 1 aromatic carbocycles. The quantitative estimate of drug-likeness (QED) is 0.660. The fourth-order valence-corrected chi connectivity index (χ4v) is 0.948. The Balaban J connectivity index is 2.80. The van der Waals surface area contributed by atoms with Crippen molar-refractivity contribution in [1.29, 1.82) is 0 Å². The zero-order chi connectivity index (χ0) is 7.40. The van der Waals surface area contributed by atoms with E-state index in [-0.39, 0.29) is 0 Å². The van der Waals surface area contributed by atoms with E-state index in [1.807, 2.05) is 24.3 Å². The van der Waals surface area contributed by atoms with E-state index in [4.69, 9.17) is 9.88 Å². The molecule has 0 aliphatic rings. The van der Waals surface area contributed by atoms with E-state index < -0.39 is 0 Å². The first-order valence-corrected chi connectivity index (χ1v) is 3.75. The minimum absolute atomic E-state index is 0.859. The van der Waals surface area contributed by atoms with Crippen molar-refractivity contribution in [1.82, 2.24) is 0 Å². The number of hydrogen-bond donors (Lipinski definition) is 1. The van der Waals surface area contributed by atoms with Crippen LogP contribution in [-0.4, -0.2) is 7.11 Å². The van der Waals surface area contributed by atoms with Gasteiger partial charge in [0.15, 0.2) is 0 Å². The van der Waals surface area contributed by atoms with Crippen molar-refractivity contribution in [3.8, 4) is 5.75 Å². The van der Waals surface area contributed by atoms with Gasteiger partial charge in [-0.25, -0.2) is 0 Å². The zero-order valence-corrected chi connectivity index (χ0v) is 6.52. The van der Waals surface area contributed by atoms with E-state index in [2.05, 4.69) is 0 Å². The lowest BCUT2D eigenvalue weighted by Gasteiger charge is -1.98. The first-order chi connectivity index (χ1) is 4.86. The molecular formula is C7H9NOS. The molecule has 0 aliphatic carbocycles. The van der Waals surface area contributed by atoms with Gasteiger partial charge in [-0.15, -0.1) is 0 Å². The molecule has 2 N–H and O–H groups in total. The average molecular weight is 155 g/mol. The molecule has 0 heterocycles. The maximum Gasteiger partial charge on any atom is 0.118 e. The first-order valence-electron chi connectivity index (χ1n) is 2.87. The molecule has 10 heavy (non-hydrogen) atoms. The van der Waals surface area contributed by atoms with Gasteiger partial charge in [-0.05, 0) is 36.2 Å². The van der Waals surface area contributed by atoms with Gasteiger partial charge >= 0.3 is 0 Å². The van der Waals surface area contributed by atoms with Crippen LogP contribution in [0.25, 0.3) is 0 Å². The molecule has 0 bridgehead atoms. The third kappa shape index (κ3) is 1.65. The van der Waals surface area contributed by atoms with Gasteiger partial charge in [0.05, 0.1) is 7.11 Å². The van der Waals surface area contributed by atoms with Crippen LogP contribution < -0.4 is 9.88 Å². The van der Waals surface area contributed by atoms with Gasteiger partial charge in [-0.3, -0.25) is 5.14 Å². The highest BCUT2D eigenvalue weighted by molar-refractivity contribution is 7.97. The third-order valence-electron chi connectivity index (χ3n) is 1.20. The molecule has 54 valence electrons. The summed E-state index contributed by atoms with van der Waals surface area (Å²) in [6.45, 7) is 0. The molecule has 1 aromatic rings. The van der Waals surface area contributed by atoms with Crippen LogP contribution in [0.3, 0.4) is 0 Å². The van der Waals surface area contributed by atoms with Gasteiger partial charge in [-0.2, -0.15) is 0 Å². The van der Waals surface area contributed by atoms with Crippen LogP contribution in [0.15, 0.2) is 29.2 Å². The second kappa shape index (κ2) is 3.49. The SMILES string of the molecule is COc1ccc(SN)cc1. The topological polar surface area (TPSA) is 35.2 Å².